The van der Waals surface area contributed by atoms with Crippen LogP contribution in [0.5, 0.6) is 0 Å². The van der Waals surface area contributed by atoms with E-state index in [0.717, 1.165) is 28.2 Å². The Balaban J connectivity index is 1.33. The van der Waals surface area contributed by atoms with E-state index in [9.17, 15) is 9.59 Å². The lowest BCUT2D eigenvalue weighted by Crippen LogP contribution is -2.46. The minimum atomic E-state index is -0.396. The monoisotopic (exact) mass is 419 g/mol. The minimum Gasteiger partial charge on any atom is -0.354 e. The van der Waals surface area contributed by atoms with Gasteiger partial charge >= 0.3 is 0 Å². The SMILES string of the molecule is Cc1ccccc1C(=O)N1CCCC1C(=O)NCCc1csc(-c2ccccc2)n1. The summed E-state index contributed by atoms with van der Waals surface area (Å²) in [6.07, 6.45) is 2.23. The van der Waals surface area contributed by atoms with Crippen molar-refractivity contribution < 1.29 is 9.59 Å². The van der Waals surface area contributed by atoms with Crippen LogP contribution in [-0.4, -0.2) is 40.8 Å². The van der Waals surface area contributed by atoms with Crippen molar-refractivity contribution >= 4 is 23.2 Å². The Hall–Kier alpha value is -2.99. The summed E-state index contributed by atoms with van der Waals surface area (Å²) in [5.74, 6) is -0.134. The fourth-order valence-electron chi connectivity index (χ4n) is 3.82. The van der Waals surface area contributed by atoms with Gasteiger partial charge in [-0.25, -0.2) is 4.98 Å². The molecule has 6 heteroatoms. The third-order valence-corrected chi connectivity index (χ3v) is 6.38. The summed E-state index contributed by atoms with van der Waals surface area (Å²) in [6, 6.07) is 17.2. The van der Waals surface area contributed by atoms with Crippen molar-refractivity contribution in [2.75, 3.05) is 13.1 Å². The zero-order valence-electron chi connectivity index (χ0n) is 17.0. The van der Waals surface area contributed by atoms with Crippen molar-refractivity contribution in [1.82, 2.24) is 15.2 Å². The number of aryl methyl sites for hydroxylation is 1. The summed E-state index contributed by atoms with van der Waals surface area (Å²) in [5.41, 5.74) is 3.69. The van der Waals surface area contributed by atoms with Gasteiger partial charge in [-0.3, -0.25) is 9.59 Å². The second-order valence-corrected chi connectivity index (χ2v) is 8.38. The van der Waals surface area contributed by atoms with Crippen molar-refractivity contribution in [2.24, 2.45) is 0 Å². The lowest BCUT2D eigenvalue weighted by atomic mass is 10.1. The molecule has 0 spiro atoms. The molecule has 1 fully saturated rings. The van der Waals surface area contributed by atoms with Crippen LogP contribution in [0.15, 0.2) is 60.0 Å². The molecule has 2 heterocycles. The molecule has 0 bridgehead atoms. The third-order valence-electron chi connectivity index (χ3n) is 5.44. The molecule has 154 valence electrons. The second kappa shape index (κ2) is 9.22. The van der Waals surface area contributed by atoms with Crippen molar-refractivity contribution in [3.05, 3.63) is 76.8 Å². The maximum absolute atomic E-state index is 13.0. The number of carbonyl (C=O) groups is 2. The number of amides is 2. The van der Waals surface area contributed by atoms with Gasteiger partial charge in [-0.2, -0.15) is 0 Å². The lowest BCUT2D eigenvalue weighted by Gasteiger charge is -2.24. The van der Waals surface area contributed by atoms with Crippen LogP contribution in [0, 0.1) is 6.92 Å². The van der Waals surface area contributed by atoms with Crippen LogP contribution in [0.4, 0.5) is 0 Å². The highest BCUT2D eigenvalue weighted by Crippen LogP contribution is 2.24. The molecular weight excluding hydrogens is 394 g/mol. The highest BCUT2D eigenvalue weighted by atomic mass is 32.1. The predicted molar refractivity (Wildman–Crippen MR) is 120 cm³/mol. The molecule has 2 amide bonds. The Labute approximate surface area is 180 Å². The molecule has 3 aromatic rings. The first-order valence-electron chi connectivity index (χ1n) is 10.3. The van der Waals surface area contributed by atoms with Crippen LogP contribution in [0.2, 0.25) is 0 Å². The van der Waals surface area contributed by atoms with E-state index in [1.165, 1.54) is 0 Å². The zero-order valence-corrected chi connectivity index (χ0v) is 17.8. The first-order chi connectivity index (χ1) is 14.6. The van der Waals surface area contributed by atoms with Crippen LogP contribution in [-0.2, 0) is 11.2 Å². The number of nitrogens with one attached hydrogen (secondary N) is 1. The molecule has 0 saturated carbocycles. The smallest absolute Gasteiger partial charge is 0.254 e. The number of hydrogen-bond donors (Lipinski definition) is 1. The van der Waals surface area contributed by atoms with Gasteiger partial charge in [0, 0.05) is 36.0 Å². The number of hydrogen-bond acceptors (Lipinski definition) is 4. The summed E-state index contributed by atoms with van der Waals surface area (Å²) >= 11 is 1.61. The summed E-state index contributed by atoms with van der Waals surface area (Å²) in [4.78, 5) is 32.1. The number of benzene rings is 2. The summed E-state index contributed by atoms with van der Waals surface area (Å²) in [5, 5.41) is 6.03. The molecule has 1 N–H and O–H groups in total. The number of aromatic nitrogens is 1. The van der Waals surface area contributed by atoms with Crippen LogP contribution < -0.4 is 5.32 Å². The summed E-state index contributed by atoms with van der Waals surface area (Å²) in [7, 11) is 0. The lowest BCUT2D eigenvalue weighted by molar-refractivity contribution is -0.124. The van der Waals surface area contributed by atoms with Gasteiger partial charge in [0.05, 0.1) is 5.69 Å². The van der Waals surface area contributed by atoms with E-state index in [1.807, 2.05) is 66.9 Å². The van der Waals surface area contributed by atoms with E-state index in [4.69, 9.17) is 0 Å². The average Bonchev–Trinajstić information content (AvgIpc) is 3.44. The molecule has 1 unspecified atom stereocenters. The molecule has 0 aliphatic carbocycles. The maximum atomic E-state index is 13.0. The molecule has 5 nitrogen and oxygen atoms in total. The molecule has 1 aliphatic rings. The van der Waals surface area contributed by atoms with Gasteiger partial charge in [-0.05, 0) is 31.4 Å². The number of thiazole rings is 1. The van der Waals surface area contributed by atoms with E-state index in [-0.39, 0.29) is 11.8 Å². The molecule has 1 saturated heterocycles. The fraction of sp³-hybridized carbons (Fsp3) is 0.292. The van der Waals surface area contributed by atoms with Crippen LogP contribution in [0.1, 0.15) is 34.5 Å². The number of nitrogens with zero attached hydrogens (tertiary/aromatic N) is 2. The van der Waals surface area contributed by atoms with E-state index in [1.54, 1.807) is 16.2 Å². The Morgan fingerprint density at radius 3 is 2.70 bits per heavy atom. The Morgan fingerprint density at radius 1 is 1.13 bits per heavy atom. The molecule has 1 aromatic heterocycles. The van der Waals surface area contributed by atoms with Crippen molar-refractivity contribution in [1.29, 1.82) is 0 Å². The van der Waals surface area contributed by atoms with Gasteiger partial charge in [-0.1, -0.05) is 48.5 Å². The summed E-state index contributed by atoms with van der Waals surface area (Å²) in [6.45, 7) is 3.06. The first-order valence-corrected chi connectivity index (χ1v) is 11.2. The van der Waals surface area contributed by atoms with Gasteiger partial charge < -0.3 is 10.2 Å². The van der Waals surface area contributed by atoms with Crippen molar-refractivity contribution in [3.63, 3.8) is 0 Å². The number of likely N-dealkylation sites (tertiary alicyclic amines) is 1. The third kappa shape index (κ3) is 4.44. The molecule has 4 rings (SSSR count). The quantitative estimate of drug-likeness (QED) is 0.655. The van der Waals surface area contributed by atoms with E-state index >= 15 is 0 Å². The average molecular weight is 420 g/mol. The number of carbonyl (C=O) groups excluding carboxylic acids is 2. The standard InChI is InChI=1S/C24H25N3O2S/c1-17-8-5-6-11-20(17)24(29)27-15-7-12-21(27)22(28)25-14-13-19-16-30-23(26-19)18-9-3-2-4-10-18/h2-6,8-11,16,21H,7,12-15H2,1H3,(H,25,28). The van der Waals surface area contributed by atoms with Crippen LogP contribution in [0.25, 0.3) is 10.6 Å². The molecule has 30 heavy (non-hydrogen) atoms. The topological polar surface area (TPSA) is 62.3 Å². The fourth-order valence-corrected chi connectivity index (χ4v) is 4.68. The highest BCUT2D eigenvalue weighted by molar-refractivity contribution is 7.13. The maximum Gasteiger partial charge on any atom is 0.254 e. The Bertz CT molecular complexity index is 1030. The van der Waals surface area contributed by atoms with Gasteiger partial charge in [0.1, 0.15) is 11.0 Å². The normalized spacial score (nSPS) is 15.9. The Kier molecular flexibility index (Phi) is 6.23. The van der Waals surface area contributed by atoms with Gasteiger partial charge in [0.2, 0.25) is 5.91 Å². The Morgan fingerprint density at radius 2 is 1.90 bits per heavy atom. The predicted octanol–water partition coefficient (Wildman–Crippen LogP) is 4.08. The van der Waals surface area contributed by atoms with Crippen molar-refractivity contribution in [2.45, 2.75) is 32.2 Å². The van der Waals surface area contributed by atoms with E-state index in [2.05, 4.69) is 10.3 Å². The first kappa shape index (κ1) is 20.3. The zero-order chi connectivity index (χ0) is 20.9. The molecule has 1 atom stereocenters. The van der Waals surface area contributed by atoms with Crippen LogP contribution in [0.3, 0.4) is 0 Å². The van der Waals surface area contributed by atoms with E-state index in [0.29, 0.717) is 31.5 Å². The van der Waals surface area contributed by atoms with Gasteiger partial charge in [0.25, 0.3) is 5.91 Å². The van der Waals surface area contributed by atoms with E-state index < -0.39 is 6.04 Å². The van der Waals surface area contributed by atoms with Gasteiger partial charge in [-0.15, -0.1) is 11.3 Å². The van der Waals surface area contributed by atoms with Crippen molar-refractivity contribution in [3.8, 4) is 10.6 Å². The largest absolute Gasteiger partial charge is 0.354 e. The minimum absolute atomic E-state index is 0.0576. The summed E-state index contributed by atoms with van der Waals surface area (Å²) < 4.78 is 0. The molecular formula is C24H25N3O2S. The molecule has 1 aliphatic heterocycles. The second-order valence-electron chi connectivity index (χ2n) is 7.52. The molecule has 0 radical (unpaired) electrons. The van der Waals surface area contributed by atoms with Gasteiger partial charge in [0.15, 0.2) is 0 Å². The number of rotatable bonds is 6. The molecule has 2 aromatic carbocycles. The van der Waals surface area contributed by atoms with Crippen LogP contribution >= 0.6 is 11.3 Å². The highest BCUT2D eigenvalue weighted by Gasteiger charge is 2.34.